The van der Waals surface area contributed by atoms with Gasteiger partial charge in [-0.2, -0.15) is 5.10 Å². The minimum Gasteiger partial charge on any atom is -0.361 e. The number of fused-ring (bicyclic) bond motifs is 1. The van der Waals surface area contributed by atoms with Crippen molar-refractivity contribution in [3.63, 3.8) is 0 Å². The van der Waals surface area contributed by atoms with Crippen molar-refractivity contribution in [2.45, 2.75) is 25.8 Å². The van der Waals surface area contributed by atoms with Crippen molar-refractivity contribution in [2.75, 3.05) is 16.8 Å². The summed E-state index contributed by atoms with van der Waals surface area (Å²) in [5.41, 5.74) is 7.07. The maximum Gasteiger partial charge on any atom is 0.255 e. The Kier molecular flexibility index (Phi) is 8.13. The van der Waals surface area contributed by atoms with E-state index in [2.05, 4.69) is 21.9 Å². The molecule has 1 amide bonds. The van der Waals surface area contributed by atoms with Gasteiger partial charge in [-0.1, -0.05) is 55.1 Å². The van der Waals surface area contributed by atoms with Crippen LogP contribution in [0, 0.1) is 0 Å². The molecule has 0 saturated carbocycles. The second-order valence-electron chi connectivity index (χ2n) is 10.8. The van der Waals surface area contributed by atoms with Crippen LogP contribution in [-0.4, -0.2) is 45.6 Å². The number of carbonyl (C=O) groups is 1. The maximum atomic E-state index is 13.4. The Morgan fingerprint density at radius 3 is 2.75 bits per heavy atom. The van der Waals surface area contributed by atoms with E-state index < -0.39 is 9.84 Å². The van der Waals surface area contributed by atoms with Crippen molar-refractivity contribution in [1.82, 2.24) is 19.7 Å². The SMILES string of the molecule is C=C/C=C(\C=C/C)c1c(Cc2cccc(C(=O)Nc3cccc4[nH]ccc34)c2)c(-c2ccccn2)nn1C1CCS(=O)(=O)C1. The lowest BCUT2D eigenvalue weighted by atomic mass is 9.95. The molecule has 2 N–H and O–H groups in total. The standard InChI is InChI=1S/C35H33N5O3S/c1-3-9-25(10-4-2)34-29(33(32-13-5-6-18-36-32)39-40(34)27-17-20-44(42,43)23-27)22-24-11-7-12-26(21-24)35(41)38-31-15-8-14-30-28(31)16-19-37-30/h3-16,18-19,21,27,37H,1,17,20,22-23H2,2H3,(H,38,41)/b10-4-,25-9+. The highest BCUT2D eigenvalue weighted by atomic mass is 32.2. The molecule has 1 fully saturated rings. The number of rotatable bonds is 9. The van der Waals surface area contributed by atoms with Gasteiger partial charge in [0.1, 0.15) is 5.69 Å². The second kappa shape index (κ2) is 12.3. The summed E-state index contributed by atoms with van der Waals surface area (Å²) in [6.45, 7) is 5.86. The Labute approximate surface area is 256 Å². The number of nitrogens with one attached hydrogen (secondary N) is 2. The number of pyridine rings is 1. The number of H-pyrrole nitrogens is 1. The van der Waals surface area contributed by atoms with E-state index in [1.54, 1.807) is 18.3 Å². The van der Waals surface area contributed by atoms with Gasteiger partial charge >= 0.3 is 0 Å². The van der Waals surface area contributed by atoms with Crippen LogP contribution in [0.5, 0.6) is 0 Å². The maximum absolute atomic E-state index is 13.4. The van der Waals surface area contributed by atoms with Crippen molar-refractivity contribution in [3.05, 3.63) is 132 Å². The Balaban J connectivity index is 1.44. The van der Waals surface area contributed by atoms with E-state index in [4.69, 9.17) is 5.10 Å². The lowest BCUT2D eigenvalue weighted by Crippen LogP contribution is -2.15. The third-order valence-electron chi connectivity index (χ3n) is 7.80. The average Bonchev–Trinajstić information content (AvgIpc) is 3.75. The summed E-state index contributed by atoms with van der Waals surface area (Å²) in [5, 5.41) is 9.04. The number of sulfone groups is 1. The van der Waals surface area contributed by atoms with Gasteiger partial charge in [0, 0.05) is 40.8 Å². The summed E-state index contributed by atoms with van der Waals surface area (Å²) >= 11 is 0. The molecule has 9 heteroatoms. The van der Waals surface area contributed by atoms with Crippen LogP contribution in [0.15, 0.2) is 110 Å². The summed E-state index contributed by atoms with van der Waals surface area (Å²) in [4.78, 5) is 21.2. The largest absolute Gasteiger partial charge is 0.361 e. The molecule has 44 heavy (non-hydrogen) atoms. The fraction of sp³-hybridized carbons (Fsp3) is 0.171. The Morgan fingerprint density at radius 2 is 2.00 bits per heavy atom. The normalized spacial score (nSPS) is 16.5. The highest BCUT2D eigenvalue weighted by Crippen LogP contribution is 2.36. The van der Waals surface area contributed by atoms with Crippen molar-refractivity contribution in [2.24, 2.45) is 0 Å². The Bertz CT molecular complexity index is 2020. The van der Waals surface area contributed by atoms with Crippen LogP contribution in [0.25, 0.3) is 27.9 Å². The molecule has 1 aliphatic heterocycles. The van der Waals surface area contributed by atoms with Gasteiger partial charge in [-0.15, -0.1) is 0 Å². The molecule has 0 radical (unpaired) electrons. The molecular formula is C35H33N5O3S. The third-order valence-corrected chi connectivity index (χ3v) is 9.55. The third kappa shape index (κ3) is 5.91. The van der Waals surface area contributed by atoms with Crippen LogP contribution in [0.4, 0.5) is 5.69 Å². The molecule has 1 unspecified atom stereocenters. The van der Waals surface area contributed by atoms with Crippen LogP contribution in [0.1, 0.15) is 46.6 Å². The molecule has 0 bridgehead atoms. The highest BCUT2D eigenvalue weighted by Gasteiger charge is 2.34. The first-order valence-electron chi connectivity index (χ1n) is 14.5. The summed E-state index contributed by atoms with van der Waals surface area (Å²) in [5.74, 6) is -0.0503. The first-order chi connectivity index (χ1) is 21.4. The van der Waals surface area contributed by atoms with Crippen molar-refractivity contribution in [1.29, 1.82) is 0 Å². The lowest BCUT2D eigenvalue weighted by Gasteiger charge is -2.16. The van der Waals surface area contributed by atoms with Crippen molar-refractivity contribution < 1.29 is 13.2 Å². The number of anilines is 1. The van der Waals surface area contributed by atoms with E-state index >= 15 is 0 Å². The topological polar surface area (TPSA) is 110 Å². The number of nitrogens with zero attached hydrogens (tertiary/aromatic N) is 3. The number of carbonyl (C=O) groups excluding carboxylic acids is 1. The fourth-order valence-electron chi connectivity index (χ4n) is 5.82. The molecule has 1 saturated heterocycles. The van der Waals surface area contributed by atoms with E-state index in [9.17, 15) is 13.2 Å². The van der Waals surface area contributed by atoms with Gasteiger partial charge in [-0.3, -0.25) is 14.5 Å². The second-order valence-corrected chi connectivity index (χ2v) is 13.1. The van der Waals surface area contributed by atoms with E-state index in [-0.39, 0.29) is 23.5 Å². The molecule has 0 aliphatic carbocycles. The number of allylic oxidation sites excluding steroid dienone is 5. The summed E-state index contributed by atoms with van der Waals surface area (Å²) in [6, 6.07) is 20.6. The minimum atomic E-state index is -3.17. The molecule has 2 aromatic carbocycles. The van der Waals surface area contributed by atoms with Crippen LogP contribution in [-0.2, 0) is 16.3 Å². The molecule has 3 aromatic heterocycles. The van der Waals surface area contributed by atoms with Crippen LogP contribution < -0.4 is 5.32 Å². The van der Waals surface area contributed by atoms with Gasteiger partial charge in [0.05, 0.1) is 34.6 Å². The summed E-state index contributed by atoms with van der Waals surface area (Å²) in [7, 11) is -3.17. The zero-order chi connectivity index (χ0) is 30.7. The predicted octanol–water partition coefficient (Wildman–Crippen LogP) is 6.77. The Hall–Kier alpha value is -5.02. The van der Waals surface area contributed by atoms with Gasteiger partial charge in [0.25, 0.3) is 5.91 Å². The Morgan fingerprint density at radius 1 is 1.14 bits per heavy atom. The zero-order valence-electron chi connectivity index (χ0n) is 24.4. The zero-order valence-corrected chi connectivity index (χ0v) is 25.2. The van der Waals surface area contributed by atoms with Gasteiger partial charge in [0.2, 0.25) is 0 Å². The number of hydrogen-bond donors (Lipinski definition) is 2. The van der Waals surface area contributed by atoms with E-state index in [0.29, 0.717) is 29.8 Å². The van der Waals surface area contributed by atoms with Crippen molar-refractivity contribution in [3.8, 4) is 11.4 Å². The average molecular weight is 604 g/mol. The molecule has 6 rings (SSSR count). The smallest absolute Gasteiger partial charge is 0.255 e. The first-order valence-corrected chi connectivity index (χ1v) is 16.3. The molecule has 8 nitrogen and oxygen atoms in total. The van der Waals surface area contributed by atoms with Gasteiger partial charge in [-0.25, -0.2) is 8.42 Å². The quantitative estimate of drug-likeness (QED) is 0.181. The van der Waals surface area contributed by atoms with E-state index in [1.807, 2.05) is 96.7 Å². The van der Waals surface area contributed by atoms with Crippen LogP contribution in [0.2, 0.25) is 0 Å². The van der Waals surface area contributed by atoms with E-state index in [1.165, 1.54) is 0 Å². The van der Waals surface area contributed by atoms with Crippen LogP contribution >= 0.6 is 0 Å². The molecule has 1 aliphatic rings. The highest BCUT2D eigenvalue weighted by molar-refractivity contribution is 7.91. The molecule has 222 valence electrons. The summed E-state index contributed by atoms with van der Waals surface area (Å²) in [6.07, 6.45) is 12.1. The molecular weight excluding hydrogens is 570 g/mol. The molecule has 1 atom stereocenters. The van der Waals surface area contributed by atoms with Gasteiger partial charge in [-0.05, 0) is 66.9 Å². The monoisotopic (exact) mass is 603 g/mol. The van der Waals surface area contributed by atoms with Gasteiger partial charge < -0.3 is 10.3 Å². The van der Waals surface area contributed by atoms with Crippen molar-refractivity contribution >= 4 is 37.9 Å². The predicted molar refractivity (Wildman–Crippen MR) is 176 cm³/mol. The number of aromatic amines is 1. The number of benzene rings is 2. The fourth-order valence-corrected chi connectivity index (χ4v) is 7.51. The number of hydrogen-bond acceptors (Lipinski definition) is 5. The number of amides is 1. The van der Waals surface area contributed by atoms with E-state index in [0.717, 1.165) is 39.0 Å². The minimum absolute atomic E-state index is 0.0313. The van der Waals surface area contributed by atoms with Gasteiger partial charge in [0.15, 0.2) is 9.84 Å². The molecule has 5 aromatic rings. The lowest BCUT2D eigenvalue weighted by molar-refractivity contribution is 0.102. The first kappa shape index (κ1) is 29.1. The van der Waals surface area contributed by atoms with Crippen LogP contribution in [0.3, 0.4) is 0 Å². The summed E-state index contributed by atoms with van der Waals surface area (Å²) < 4.78 is 27.0. The number of aromatic nitrogens is 4. The molecule has 0 spiro atoms. The molecule has 4 heterocycles.